The zero-order valence-electron chi connectivity index (χ0n) is 23.3. The van der Waals surface area contributed by atoms with E-state index < -0.39 is 70.9 Å². The molecule has 2 amide bonds. The third kappa shape index (κ3) is 7.81. The lowest BCUT2D eigenvalue weighted by Crippen LogP contribution is -2.56. The molecule has 46 heavy (non-hydrogen) atoms. The summed E-state index contributed by atoms with van der Waals surface area (Å²) >= 11 is 5.54. The number of imide groups is 1. The Bertz CT molecular complexity index is 1500. The molecule has 250 valence electrons. The van der Waals surface area contributed by atoms with Crippen LogP contribution in [0.1, 0.15) is 23.4 Å². The summed E-state index contributed by atoms with van der Waals surface area (Å²) in [4.78, 5) is 30.1. The lowest BCUT2D eigenvalue weighted by atomic mass is 9.92. The highest BCUT2D eigenvalue weighted by Crippen LogP contribution is 2.56. The maximum absolute atomic E-state index is 14.9. The first-order valence-corrected chi connectivity index (χ1v) is 13.0. The summed E-state index contributed by atoms with van der Waals surface area (Å²) in [5.41, 5.74) is -9.08. The van der Waals surface area contributed by atoms with Gasteiger partial charge in [-0.1, -0.05) is 18.2 Å². The molecular weight excluding hydrogens is 670 g/mol. The number of carbonyl (C=O) groups is 2. The van der Waals surface area contributed by atoms with Crippen LogP contribution in [-0.4, -0.2) is 54.6 Å². The summed E-state index contributed by atoms with van der Waals surface area (Å²) in [5, 5.41) is -3.50. The van der Waals surface area contributed by atoms with Crippen LogP contribution in [-0.2, 0) is 20.5 Å². The maximum Gasteiger partial charge on any atom is 0.433 e. The van der Waals surface area contributed by atoms with Crippen molar-refractivity contribution >= 4 is 29.1 Å². The highest BCUT2D eigenvalue weighted by Gasteiger charge is 2.76. The normalized spacial score (nSPS) is 13.9. The Morgan fingerprint density at radius 3 is 1.91 bits per heavy atom. The molecule has 2 atom stereocenters. The van der Waals surface area contributed by atoms with Crippen molar-refractivity contribution in [1.82, 2.24) is 4.98 Å². The lowest BCUT2D eigenvalue weighted by molar-refractivity contribution is -0.342. The molecule has 3 rings (SSSR count). The number of rotatable bonds is 10. The van der Waals surface area contributed by atoms with E-state index in [9.17, 15) is 53.5 Å². The van der Waals surface area contributed by atoms with E-state index in [1.807, 2.05) is 0 Å². The smallest absolute Gasteiger partial charge is 0.433 e. The number of nitrogens with zero attached hydrogens (tertiary/aromatic N) is 2. The van der Waals surface area contributed by atoms with Gasteiger partial charge >= 0.3 is 24.2 Å². The highest BCUT2D eigenvalue weighted by atomic mass is 35.5. The number of carbonyl (C=O) groups excluding carboxylic acids is 2. The minimum Gasteiger partial charge on any atom is -0.481 e. The molecule has 0 radical (unpaired) electrons. The second kappa shape index (κ2) is 13.7. The van der Waals surface area contributed by atoms with E-state index in [1.165, 1.54) is 24.3 Å². The number of hydrogen-bond acceptors (Lipinski definition) is 6. The molecule has 7 nitrogen and oxygen atoms in total. The van der Waals surface area contributed by atoms with Gasteiger partial charge in [-0.25, -0.2) is 14.3 Å². The van der Waals surface area contributed by atoms with E-state index in [0.29, 0.717) is 12.3 Å². The van der Waals surface area contributed by atoms with Gasteiger partial charge in [0.25, 0.3) is 11.8 Å². The van der Waals surface area contributed by atoms with E-state index in [0.717, 1.165) is 44.4 Å². The number of aromatic nitrogens is 1. The van der Waals surface area contributed by atoms with Crippen LogP contribution in [0.4, 0.5) is 49.6 Å². The van der Waals surface area contributed by atoms with Gasteiger partial charge in [-0.3, -0.25) is 9.59 Å². The first-order chi connectivity index (χ1) is 21.2. The zero-order chi connectivity index (χ0) is 34.7. The molecule has 0 aliphatic rings. The predicted octanol–water partition coefficient (Wildman–Crippen LogP) is 7.98. The molecule has 0 saturated carbocycles. The van der Waals surface area contributed by atoms with Gasteiger partial charge in [-0.2, -0.15) is 39.5 Å². The van der Waals surface area contributed by atoms with Crippen LogP contribution in [0.15, 0.2) is 66.9 Å². The molecule has 2 unspecified atom stereocenters. The fourth-order valence-electron chi connectivity index (χ4n) is 3.88. The molecule has 0 saturated heterocycles. The standard InChI is InChI=1S/C28H21ClF10N2O5/c1-15(45-17-8-10-18(11-9-17)46-21-12-7-16(13-40-21)26(31,32)33)24(43)41(22(42)14-44-2)20-6-4-3-5-19(20)23(29)25(30,27(34,35)36)28(37,38)39/h3-13,15,23H,14H2,1-2H3. The number of benzene rings is 2. The van der Waals surface area contributed by atoms with Gasteiger partial charge in [-0.15, -0.1) is 11.6 Å². The largest absolute Gasteiger partial charge is 0.481 e. The maximum atomic E-state index is 14.9. The van der Waals surface area contributed by atoms with Crippen LogP contribution < -0.4 is 14.4 Å². The average Bonchev–Trinajstić information content (AvgIpc) is 2.96. The Kier molecular flexibility index (Phi) is 10.8. The summed E-state index contributed by atoms with van der Waals surface area (Å²) < 4.78 is 149. The molecule has 0 bridgehead atoms. The Balaban J connectivity index is 1.89. The molecular formula is C28H21ClF10N2O5. The molecule has 0 N–H and O–H groups in total. The predicted molar refractivity (Wildman–Crippen MR) is 141 cm³/mol. The topological polar surface area (TPSA) is 78.0 Å². The first kappa shape index (κ1) is 36.3. The Morgan fingerprint density at radius 1 is 0.848 bits per heavy atom. The molecule has 0 spiro atoms. The number of pyridine rings is 1. The quantitative estimate of drug-likeness (QED) is 0.159. The minimum absolute atomic E-state index is 0.0619. The number of ether oxygens (including phenoxy) is 3. The number of para-hydroxylation sites is 1. The van der Waals surface area contributed by atoms with E-state index in [-0.39, 0.29) is 22.3 Å². The van der Waals surface area contributed by atoms with Crippen molar-refractivity contribution in [3.63, 3.8) is 0 Å². The number of methoxy groups -OCH3 is 1. The minimum atomic E-state index is -6.55. The van der Waals surface area contributed by atoms with Crippen molar-refractivity contribution in [2.24, 2.45) is 0 Å². The van der Waals surface area contributed by atoms with Crippen molar-refractivity contribution in [1.29, 1.82) is 0 Å². The number of halogens is 11. The van der Waals surface area contributed by atoms with Crippen molar-refractivity contribution in [3.8, 4) is 17.4 Å². The molecule has 0 aliphatic carbocycles. The van der Waals surface area contributed by atoms with Gasteiger partial charge in [0.2, 0.25) is 5.88 Å². The molecule has 1 aromatic heterocycles. The second-order valence-electron chi connectivity index (χ2n) is 9.35. The Hall–Kier alpha value is -4.12. The van der Waals surface area contributed by atoms with Crippen LogP contribution in [0.2, 0.25) is 0 Å². The second-order valence-corrected chi connectivity index (χ2v) is 9.78. The number of hydrogen-bond donors (Lipinski definition) is 0. The van der Waals surface area contributed by atoms with Crippen molar-refractivity contribution in [2.75, 3.05) is 18.6 Å². The fourth-order valence-corrected chi connectivity index (χ4v) is 4.32. The Labute approximate surface area is 258 Å². The molecule has 0 fully saturated rings. The molecule has 18 heteroatoms. The van der Waals surface area contributed by atoms with Crippen LogP contribution in [0.25, 0.3) is 0 Å². The summed E-state index contributed by atoms with van der Waals surface area (Å²) in [5.74, 6) is -2.76. The van der Waals surface area contributed by atoms with Crippen LogP contribution in [0, 0.1) is 0 Å². The van der Waals surface area contributed by atoms with Gasteiger partial charge in [0, 0.05) is 19.4 Å². The summed E-state index contributed by atoms with van der Waals surface area (Å²) in [7, 11) is 1.01. The zero-order valence-corrected chi connectivity index (χ0v) is 24.1. The van der Waals surface area contributed by atoms with E-state index in [4.69, 9.17) is 21.1 Å². The Morgan fingerprint density at radius 2 is 1.41 bits per heavy atom. The summed E-state index contributed by atoms with van der Waals surface area (Å²) in [6.07, 6.45) is -18.8. The third-order valence-corrected chi connectivity index (χ3v) is 6.67. The van der Waals surface area contributed by atoms with Gasteiger partial charge in [0.05, 0.1) is 11.3 Å². The van der Waals surface area contributed by atoms with Crippen LogP contribution >= 0.6 is 11.6 Å². The van der Waals surface area contributed by atoms with Crippen molar-refractivity contribution < 1.29 is 67.7 Å². The molecule has 1 heterocycles. The first-order valence-electron chi connectivity index (χ1n) is 12.6. The molecule has 2 aromatic carbocycles. The highest BCUT2D eigenvalue weighted by molar-refractivity contribution is 6.23. The summed E-state index contributed by atoms with van der Waals surface area (Å²) in [6.45, 7) is 0.209. The molecule has 0 aliphatic heterocycles. The van der Waals surface area contributed by atoms with Crippen molar-refractivity contribution in [3.05, 3.63) is 78.0 Å². The van der Waals surface area contributed by atoms with E-state index in [1.54, 1.807) is 0 Å². The SMILES string of the molecule is COCC(=O)N(C(=O)C(C)Oc1ccc(Oc2ccc(C(F)(F)F)cn2)cc1)c1ccccc1C(Cl)C(F)(C(F)(F)F)C(F)(F)F. The van der Waals surface area contributed by atoms with Gasteiger partial charge in [0.15, 0.2) is 6.10 Å². The summed E-state index contributed by atoms with van der Waals surface area (Å²) in [6, 6.07) is 10.1. The van der Waals surface area contributed by atoms with Crippen LogP contribution in [0.5, 0.6) is 17.4 Å². The lowest BCUT2D eigenvalue weighted by Gasteiger charge is -2.35. The fraction of sp³-hybridized carbons (Fsp3) is 0.321. The third-order valence-electron chi connectivity index (χ3n) is 6.13. The van der Waals surface area contributed by atoms with E-state index in [2.05, 4.69) is 9.72 Å². The number of alkyl halides is 11. The molecule has 3 aromatic rings. The van der Waals surface area contributed by atoms with Gasteiger partial charge < -0.3 is 14.2 Å². The van der Waals surface area contributed by atoms with Crippen molar-refractivity contribution in [2.45, 2.75) is 42.6 Å². The number of anilines is 1. The van der Waals surface area contributed by atoms with Gasteiger partial charge in [0.1, 0.15) is 23.5 Å². The monoisotopic (exact) mass is 690 g/mol. The number of amides is 2. The average molecular weight is 691 g/mol. The van der Waals surface area contributed by atoms with E-state index >= 15 is 0 Å². The van der Waals surface area contributed by atoms with Crippen LogP contribution in [0.3, 0.4) is 0 Å². The van der Waals surface area contributed by atoms with Gasteiger partial charge in [-0.05, 0) is 48.9 Å².